The van der Waals surface area contributed by atoms with E-state index >= 15 is 0 Å². The van der Waals surface area contributed by atoms with Gasteiger partial charge in [-0.15, -0.1) is 12.4 Å². The molecule has 1 aliphatic rings. The Labute approximate surface area is 201 Å². The second-order valence-electron chi connectivity index (χ2n) is 7.95. The predicted molar refractivity (Wildman–Crippen MR) is 132 cm³/mol. The van der Waals surface area contributed by atoms with Crippen LogP contribution in [0.1, 0.15) is 17.7 Å². The summed E-state index contributed by atoms with van der Waals surface area (Å²) in [5, 5.41) is 4.07. The highest BCUT2D eigenvalue weighted by Gasteiger charge is 2.23. The Bertz CT molecular complexity index is 1420. The number of methoxy groups -OCH3 is 1. The van der Waals surface area contributed by atoms with Crippen molar-refractivity contribution in [2.75, 3.05) is 13.7 Å². The normalized spacial score (nSPS) is 13.9. The van der Waals surface area contributed by atoms with Gasteiger partial charge in [0.05, 0.1) is 34.4 Å². The van der Waals surface area contributed by atoms with Crippen LogP contribution in [0.2, 0.25) is 5.02 Å². The number of aromatic amines is 1. The van der Waals surface area contributed by atoms with E-state index in [4.69, 9.17) is 16.3 Å². The van der Waals surface area contributed by atoms with Crippen LogP contribution in [-0.4, -0.2) is 32.9 Å². The Kier molecular flexibility index (Phi) is 6.65. The average molecular weight is 487 g/mol. The van der Waals surface area contributed by atoms with Crippen LogP contribution in [0.15, 0.2) is 64.2 Å². The van der Waals surface area contributed by atoms with Gasteiger partial charge in [-0.05, 0) is 24.6 Å². The van der Waals surface area contributed by atoms with Gasteiger partial charge in [-0.1, -0.05) is 41.9 Å². The summed E-state index contributed by atoms with van der Waals surface area (Å²) < 4.78 is 8.66. The summed E-state index contributed by atoms with van der Waals surface area (Å²) in [6, 6.07) is 16.6. The number of para-hydroxylation sites is 2. The van der Waals surface area contributed by atoms with E-state index in [1.807, 2.05) is 36.4 Å². The highest BCUT2D eigenvalue weighted by atomic mass is 35.5. The Morgan fingerprint density at radius 3 is 2.61 bits per heavy atom. The summed E-state index contributed by atoms with van der Waals surface area (Å²) >= 11 is 6.33. The number of nitrogens with one attached hydrogen (secondary N) is 1. The third kappa shape index (κ3) is 4.19. The number of hydrogen-bond donors (Lipinski definition) is 1. The lowest BCUT2D eigenvalue weighted by Crippen LogP contribution is -2.27. The third-order valence-electron chi connectivity index (χ3n) is 5.98. The van der Waals surface area contributed by atoms with Crippen LogP contribution in [0.4, 0.5) is 0 Å². The number of ether oxygens (including phenoxy) is 1. The van der Waals surface area contributed by atoms with Crippen molar-refractivity contribution >= 4 is 34.9 Å². The topological polar surface area (TPSA) is 72.3 Å². The molecule has 0 amide bonds. The van der Waals surface area contributed by atoms with Crippen molar-refractivity contribution < 1.29 is 4.74 Å². The van der Waals surface area contributed by atoms with E-state index in [-0.39, 0.29) is 23.5 Å². The zero-order valence-electron chi connectivity index (χ0n) is 18.1. The SMILES string of the molecule is COc1ccccc1CN1CCCn2c(c3c(=O)n(-c4ccccc4Cl)[nH]c3cc2=O)C1.Cl. The molecule has 33 heavy (non-hydrogen) atoms. The Balaban J connectivity index is 0.00000259. The van der Waals surface area contributed by atoms with Gasteiger partial charge in [-0.2, -0.15) is 0 Å². The largest absolute Gasteiger partial charge is 0.496 e. The van der Waals surface area contributed by atoms with Gasteiger partial charge in [-0.3, -0.25) is 19.6 Å². The molecule has 0 saturated heterocycles. The Morgan fingerprint density at radius 1 is 1.06 bits per heavy atom. The van der Waals surface area contributed by atoms with E-state index in [0.29, 0.717) is 41.2 Å². The van der Waals surface area contributed by atoms with Crippen LogP contribution in [0, 0.1) is 0 Å². The molecule has 9 heteroatoms. The molecule has 0 aliphatic carbocycles. The number of benzene rings is 2. The van der Waals surface area contributed by atoms with Crippen LogP contribution in [0.5, 0.6) is 5.75 Å². The van der Waals surface area contributed by atoms with Crippen molar-refractivity contribution in [2.24, 2.45) is 0 Å². The fourth-order valence-corrected chi connectivity index (χ4v) is 4.69. The smallest absolute Gasteiger partial charge is 0.280 e. The van der Waals surface area contributed by atoms with E-state index in [2.05, 4.69) is 10.00 Å². The Morgan fingerprint density at radius 2 is 1.82 bits per heavy atom. The van der Waals surface area contributed by atoms with Gasteiger partial charge in [0, 0.05) is 37.8 Å². The van der Waals surface area contributed by atoms with Gasteiger partial charge >= 0.3 is 0 Å². The van der Waals surface area contributed by atoms with Gasteiger partial charge in [-0.25, -0.2) is 4.68 Å². The molecule has 1 aliphatic heterocycles. The summed E-state index contributed by atoms with van der Waals surface area (Å²) in [6.07, 6.45) is 0.816. The van der Waals surface area contributed by atoms with E-state index in [0.717, 1.165) is 30.0 Å². The second kappa shape index (κ2) is 9.47. The van der Waals surface area contributed by atoms with Crippen LogP contribution in [-0.2, 0) is 19.6 Å². The van der Waals surface area contributed by atoms with Crippen molar-refractivity contribution in [3.8, 4) is 11.4 Å². The third-order valence-corrected chi connectivity index (χ3v) is 6.30. The zero-order valence-corrected chi connectivity index (χ0v) is 19.7. The minimum atomic E-state index is -0.212. The quantitative estimate of drug-likeness (QED) is 0.473. The molecule has 0 fully saturated rings. The standard InChI is InChI=1S/C24H23ClN4O3.ClH/c1-32-21-10-5-2-7-16(21)14-27-11-6-12-28-20(15-27)23-18(13-22(28)30)26-29(24(23)31)19-9-4-3-8-17(19)25;/h2-5,7-10,13,26H,6,11-12,14-15H2,1H3;1H. The molecule has 0 atom stereocenters. The molecule has 0 bridgehead atoms. The van der Waals surface area contributed by atoms with Crippen LogP contribution in [0.3, 0.4) is 0 Å². The number of halogens is 2. The van der Waals surface area contributed by atoms with E-state index in [1.165, 1.54) is 10.7 Å². The maximum atomic E-state index is 13.5. The fraction of sp³-hybridized carbons (Fsp3) is 0.250. The summed E-state index contributed by atoms with van der Waals surface area (Å²) in [5.41, 5.74) is 2.55. The molecule has 4 aromatic rings. The highest BCUT2D eigenvalue weighted by molar-refractivity contribution is 6.32. The number of aromatic nitrogens is 3. The molecule has 172 valence electrons. The lowest BCUT2D eigenvalue weighted by molar-refractivity contribution is 0.257. The first-order valence-electron chi connectivity index (χ1n) is 10.5. The molecule has 0 unspecified atom stereocenters. The van der Waals surface area contributed by atoms with Gasteiger partial charge < -0.3 is 9.30 Å². The summed E-state index contributed by atoms with van der Waals surface area (Å²) in [7, 11) is 1.66. The molecular weight excluding hydrogens is 463 g/mol. The molecule has 2 aromatic carbocycles. The number of pyridine rings is 1. The van der Waals surface area contributed by atoms with Gasteiger partial charge in [0.25, 0.3) is 11.1 Å². The van der Waals surface area contributed by atoms with Crippen molar-refractivity contribution in [1.29, 1.82) is 0 Å². The van der Waals surface area contributed by atoms with E-state index in [9.17, 15) is 9.59 Å². The van der Waals surface area contributed by atoms with Gasteiger partial charge in [0.2, 0.25) is 0 Å². The number of fused-ring (bicyclic) bond motifs is 3. The summed E-state index contributed by atoms with van der Waals surface area (Å²) in [4.78, 5) is 28.6. The molecular formula is C24H24Cl2N4O3. The maximum Gasteiger partial charge on any atom is 0.280 e. The molecule has 1 N–H and O–H groups in total. The molecule has 3 heterocycles. The molecule has 0 radical (unpaired) electrons. The maximum absolute atomic E-state index is 13.5. The minimum absolute atomic E-state index is 0. The van der Waals surface area contributed by atoms with E-state index < -0.39 is 0 Å². The van der Waals surface area contributed by atoms with Crippen LogP contribution < -0.4 is 15.9 Å². The van der Waals surface area contributed by atoms with Crippen molar-refractivity contribution in [2.45, 2.75) is 26.1 Å². The lowest BCUT2D eigenvalue weighted by atomic mass is 10.1. The highest BCUT2D eigenvalue weighted by Crippen LogP contribution is 2.25. The molecule has 0 spiro atoms. The predicted octanol–water partition coefficient (Wildman–Crippen LogP) is 3.97. The first kappa shape index (κ1) is 23.2. The first-order valence-corrected chi connectivity index (χ1v) is 10.9. The molecule has 0 saturated carbocycles. The van der Waals surface area contributed by atoms with Crippen LogP contribution in [0.25, 0.3) is 16.6 Å². The average Bonchev–Trinajstić information content (AvgIpc) is 2.97. The number of rotatable bonds is 4. The molecule has 2 aromatic heterocycles. The van der Waals surface area contributed by atoms with Crippen molar-refractivity contribution in [1.82, 2.24) is 19.2 Å². The summed E-state index contributed by atoms with van der Waals surface area (Å²) in [5.74, 6) is 0.829. The second-order valence-corrected chi connectivity index (χ2v) is 8.36. The number of nitrogens with zero attached hydrogens (tertiary/aromatic N) is 3. The zero-order chi connectivity index (χ0) is 22.2. The number of H-pyrrole nitrogens is 1. The van der Waals surface area contributed by atoms with Crippen molar-refractivity contribution in [3.05, 3.63) is 91.6 Å². The Hall–Kier alpha value is -3.00. The summed E-state index contributed by atoms with van der Waals surface area (Å²) in [6.45, 7) is 2.53. The van der Waals surface area contributed by atoms with Gasteiger partial charge in [0.15, 0.2) is 0 Å². The lowest BCUT2D eigenvalue weighted by Gasteiger charge is -2.21. The van der Waals surface area contributed by atoms with Crippen molar-refractivity contribution in [3.63, 3.8) is 0 Å². The number of hydrogen-bond acceptors (Lipinski definition) is 4. The monoisotopic (exact) mass is 486 g/mol. The van der Waals surface area contributed by atoms with E-state index in [1.54, 1.807) is 23.8 Å². The van der Waals surface area contributed by atoms with Gasteiger partial charge in [0.1, 0.15) is 5.75 Å². The fourth-order valence-electron chi connectivity index (χ4n) is 4.47. The van der Waals surface area contributed by atoms with Crippen LogP contribution >= 0.6 is 24.0 Å². The first-order chi connectivity index (χ1) is 15.6. The molecule has 7 nitrogen and oxygen atoms in total. The minimum Gasteiger partial charge on any atom is -0.496 e. The molecule has 5 rings (SSSR count).